The van der Waals surface area contributed by atoms with E-state index in [4.69, 9.17) is 0 Å². The molecule has 1 atom stereocenters. The largest absolute Gasteiger partial charge is 0.768 e. The van der Waals surface area contributed by atoms with Gasteiger partial charge in [-0.3, -0.25) is 4.21 Å². The van der Waals surface area contributed by atoms with Crippen molar-refractivity contribution >= 4 is 16.8 Å². The van der Waals surface area contributed by atoms with Crippen molar-refractivity contribution in [3.63, 3.8) is 0 Å². The van der Waals surface area contributed by atoms with Gasteiger partial charge in [0.05, 0.1) is 0 Å². The average molecular weight is 383 g/mol. The van der Waals surface area contributed by atoms with Crippen LogP contribution in [0.1, 0.15) is 40.5 Å². The van der Waals surface area contributed by atoms with Crippen LogP contribution in [0, 0.1) is 5.92 Å². The lowest BCUT2D eigenvalue weighted by molar-refractivity contribution is 0.190. The van der Waals surface area contributed by atoms with Crippen molar-refractivity contribution in [3.8, 4) is 0 Å². The van der Waals surface area contributed by atoms with Crippen molar-refractivity contribution in [1.82, 2.24) is 10.2 Å². The molecule has 0 saturated carbocycles. The van der Waals surface area contributed by atoms with Crippen LogP contribution in [0.2, 0.25) is 0 Å². The van der Waals surface area contributed by atoms with Gasteiger partial charge in [-0.2, -0.15) is 0 Å². The van der Waals surface area contributed by atoms with Gasteiger partial charge in [-0.1, -0.05) is 33.8 Å². The minimum Gasteiger partial charge on any atom is -0.768 e. The van der Waals surface area contributed by atoms with E-state index in [1.54, 1.807) is 12.1 Å². The first-order valence-electron chi connectivity index (χ1n) is 10.1. The number of hydrogen-bond acceptors (Lipinski definition) is 5. The van der Waals surface area contributed by atoms with E-state index in [2.05, 4.69) is 15.1 Å². The Morgan fingerprint density at radius 2 is 1.69 bits per heavy atom. The van der Waals surface area contributed by atoms with Crippen LogP contribution >= 0.6 is 0 Å². The third kappa shape index (κ3) is 7.35. The number of anilines is 1. The number of piperidine rings is 1. The van der Waals surface area contributed by atoms with Gasteiger partial charge in [0, 0.05) is 56.4 Å². The molecule has 0 aromatic heterocycles. The second-order valence-electron chi connectivity index (χ2n) is 6.21. The van der Waals surface area contributed by atoms with E-state index in [0.29, 0.717) is 4.90 Å². The molecule has 1 unspecified atom stereocenters. The number of piperazine rings is 1. The zero-order valence-electron chi connectivity index (χ0n) is 16.9. The van der Waals surface area contributed by atoms with Gasteiger partial charge >= 0.3 is 0 Å². The molecular formula is C20H36N3O2S-. The first-order chi connectivity index (χ1) is 12.7. The smallest absolute Gasteiger partial charge is 0.0377 e. The van der Waals surface area contributed by atoms with Crippen molar-refractivity contribution in [1.29, 1.82) is 0 Å². The molecular weight excluding hydrogens is 346 g/mol. The standard InChI is InChI=1S/C16H25N3O2S.2C2H6/c20-22(21)16-3-1-2-15(12-16)19-8-4-14(5-9-19)13-18-10-6-17-7-11-18;2*1-2/h1-3,12,14,17H,4-11,13H2,(H,20,21);2*1-2H3/p-1. The quantitative estimate of drug-likeness (QED) is 0.811. The molecule has 1 N–H and O–H groups in total. The van der Waals surface area contributed by atoms with E-state index in [1.807, 2.05) is 39.8 Å². The molecule has 26 heavy (non-hydrogen) atoms. The van der Waals surface area contributed by atoms with Crippen LogP contribution in [0.3, 0.4) is 0 Å². The molecule has 0 amide bonds. The topological polar surface area (TPSA) is 58.6 Å². The maximum absolute atomic E-state index is 11.1. The molecule has 5 nitrogen and oxygen atoms in total. The summed E-state index contributed by atoms with van der Waals surface area (Å²) in [6, 6.07) is 7.25. The Morgan fingerprint density at radius 3 is 2.27 bits per heavy atom. The molecule has 1 aromatic carbocycles. The molecule has 2 aliphatic heterocycles. The zero-order chi connectivity index (χ0) is 19.4. The SMILES string of the molecule is CC.CC.O=S([O-])c1cccc(N2CCC(CN3CCNCC3)CC2)c1. The Balaban J connectivity index is 0.000000791. The molecule has 0 aliphatic carbocycles. The van der Waals surface area contributed by atoms with Crippen molar-refractivity contribution in [2.24, 2.45) is 5.92 Å². The Morgan fingerprint density at radius 1 is 1.08 bits per heavy atom. The zero-order valence-corrected chi connectivity index (χ0v) is 17.7. The van der Waals surface area contributed by atoms with E-state index < -0.39 is 11.1 Å². The Hall–Kier alpha value is -0.950. The van der Waals surface area contributed by atoms with Crippen LogP contribution in [0.25, 0.3) is 0 Å². The first kappa shape index (κ1) is 23.1. The number of rotatable bonds is 4. The molecule has 1 aromatic rings. The molecule has 2 fully saturated rings. The Kier molecular flexibility index (Phi) is 11.8. The summed E-state index contributed by atoms with van der Waals surface area (Å²) in [4.78, 5) is 5.25. The fraction of sp³-hybridized carbons (Fsp3) is 0.700. The molecule has 2 heterocycles. The average Bonchev–Trinajstić information content (AvgIpc) is 2.72. The van der Waals surface area contributed by atoms with Gasteiger partial charge in [-0.05, 0) is 48.0 Å². The third-order valence-corrected chi connectivity index (χ3v) is 5.35. The van der Waals surface area contributed by atoms with Gasteiger partial charge in [-0.15, -0.1) is 0 Å². The van der Waals surface area contributed by atoms with E-state index in [0.717, 1.165) is 50.9 Å². The molecule has 2 saturated heterocycles. The minimum absolute atomic E-state index is 0.375. The lowest BCUT2D eigenvalue weighted by atomic mass is 9.95. The number of nitrogens with one attached hydrogen (secondary N) is 1. The molecule has 150 valence electrons. The predicted octanol–water partition coefficient (Wildman–Crippen LogP) is 3.10. The van der Waals surface area contributed by atoms with Gasteiger partial charge in [0.1, 0.15) is 0 Å². The highest BCUT2D eigenvalue weighted by molar-refractivity contribution is 7.79. The summed E-state index contributed by atoms with van der Waals surface area (Å²) in [6.45, 7) is 15.8. The minimum atomic E-state index is -2.14. The normalized spacial score (nSPS) is 19.7. The Bertz CT molecular complexity index is 514. The van der Waals surface area contributed by atoms with Gasteiger partial charge < -0.3 is 19.7 Å². The highest BCUT2D eigenvalue weighted by Gasteiger charge is 2.22. The van der Waals surface area contributed by atoms with Crippen molar-refractivity contribution < 1.29 is 8.76 Å². The molecule has 0 spiro atoms. The summed E-state index contributed by atoms with van der Waals surface area (Å²) in [7, 11) is 0. The van der Waals surface area contributed by atoms with Crippen LogP contribution < -0.4 is 10.2 Å². The second-order valence-corrected chi connectivity index (χ2v) is 7.15. The summed E-state index contributed by atoms with van der Waals surface area (Å²) in [5.74, 6) is 0.770. The fourth-order valence-corrected chi connectivity index (χ4v) is 3.82. The van der Waals surface area contributed by atoms with Crippen molar-refractivity contribution in [2.75, 3.05) is 50.7 Å². The third-order valence-electron chi connectivity index (χ3n) is 4.72. The number of hydrogen-bond donors (Lipinski definition) is 1. The summed E-state index contributed by atoms with van der Waals surface area (Å²) >= 11 is -2.14. The summed E-state index contributed by atoms with van der Waals surface area (Å²) in [6.07, 6.45) is 2.38. The molecule has 0 bridgehead atoms. The van der Waals surface area contributed by atoms with Crippen molar-refractivity contribution in [3.05, 3.63) is 24.3 Å². The van der Waals surface area contributed by atoms with Crippen LogP contribution in [0.4, 0.5) is 5.69 Å². The molecule has 3 rings (SSSR count). The summed E-state index contributed by atoms with van der Waals surface area (Å²) in [5, 5.41) is 3.39. The van der Waals surface area contributed by atoms with E-state index in [1.165, 1.54) is 19.4 Å². The second kappa shape index (κ2) is 13.3. The van der Waals surface area contributed by atoms with Gasteiger partial charge in [0.25, 0.3) is 0 Å². The first-order valence-corrected chi connectivity index (χ1v) is 11.2. The summed E-state index contributed by atoms with van der Waals surface area (Å²) < 4.78 is 22.2. The Labute approximate surface area is 162 Å². The van der Waals surface area contributed by atoms with Gasteiger partial charge in [0.2, 0.25) is 0 Å². The number of benzene rings is 1. The van der Waals surface area contributed by atoms with Gasteiger partial charge in [-0.25, -0.2) is 0 Å². The number of nitrogens with zero attached hydrogens (tertiary/aromatic N) is 2. The lowest BCUT2D eigenvalue weighted by Gasteiger charge is -2.37. The van der Waals surface area contributed by atoms with Crippen LogP contribution in [-0.4, -0.2) is 59.5 Å². The van der Waals surface area contributed by atoms with E-state index >= 15 is 0 Å². The van der Waals surface area contributed by atoms with Crippen LogP contribution in [-0.2, 0) is 11.1 Å². The fourth-order valence-electron chi connectivity index (χ4n) is 3.42. The predicted molar refractivity (Wildman–Crippen MR) is 111 cm³/mol. The van der Waals surface area contributed by atoms with Crippen molar-refractivity contribution in [2.45, 2.75) is 45.4 Å². The van der Waals surface area contributed by atoms with E-state index in [9.17, 15) is 8.76 Å². The molecule has 6 heteroatoms. The maximum Gasteiger partial charge on any atom is 0.0377 e. The molecule has 0 radical (unpaired) electrons. The van der Waals surface area contributed by atoms with Gasteiger partial charge in [0.15, 0.2) is 0 Å². The molecule has 2 aliphatic rings. The summed E-state index contributed by atoms with van der Waals surface area (Å²) in [5.41, 5.74) is 1.03. The highest BCUT2D eigenvalue weighted by atomic mass is 32.2. The highest BCUT2D eigenvalue weighted by Crippen LogP contribution is 2.25. The monoisotopic (exact) mass is 382 g/mol. The lowest BCUT2D eigenvalue weighted by Crippen LogP contribution is -2.46. The van der Waals surface area contributed by atoms with E-state index in [-0.39, 0.29) is 0 Å². The van der Waals surface area contributed by atoms with Crippen LogP contribution in [0.5, 0.6) is 0 Å². The van der Waals surface area contributed by atoms with Crippen LogP contribution in [0.15, 0.2) is 29.2 Å². The maximum atomic E-state index is 11.1.